The monoisotopic (exact) mass is 558 g/mol. The number of hydrogen-bond donors (Lipinski definition) is 3. The molecule has 1 saturated heterocycles. The van der Waals surface area contributed by atoms with Crippen LogP contribution in [0.15, 0.2) is 77.7 Å². The van der Waals surface area contributed by atoms with Gasteiger partial charge in [-0.1, -0.05) is 10.5 Å². The summed E-state index contributed by atoms with van der Waals surface area (Å²) in [7, 11) is -4.42. The first kappa shape index (κ1) is 28.0. The first-order chi connectivity index (χ1) is 18.7. The molecule has 0 saturated carbocycles. The minimum atomic E-state index is -4.42. The summed E-state index contributed by atoms with van der Waals surface area (Å²) in [6, 6.07) is 14.4. The summed E-state index contributed by atoms with van der Waals surface area (Å²) >= 11 is 0. The lowest BCUT2D eigenvalue weighted by atomic mass is 9.98. The van der Waals surface area contributed by atoms with E-state index in [9.17, 15) is 26.8 Å². The molecule has 2 amide bonds. The van der Waals surface area contributed by atoms with Gasteiger partial charge >= 0.3 is 0 Å². The molecule has 0 atom stereocenters. The van der Waals surface area contributed by atoms with Crippen LogP contribution < -0.4 is 25.3 Å². The van der Waals surface area contributed by atoms with Gasteiger partial charge in [-0.2, -0.15) is 8.42 Å². The molecule has 0 spiro atoms. The van der Waals surface area contributed by atoms with Crippen LogP contribution in [0.1, 0.15) is 23.2 Å². The number of nitrogens with zero attached hydrogens (tertiary/aromatic N) is 1. The molecule has 206 valence electrons. The normalized spacial score (nSPS) is 13.9. The SMILES string of the molecule is O=C(CNC(=O)c1ccc(S(=O)(=O)N(Oc2ccc(F)cc2)c2cccc(F)c2)cc1)NCC1CCNCC1. The smallest absolute Gasteiger partial charge is 0.295 e. The number of halogens is 2. The fourth-order valence-electron chi connectivity index (χ4n) is 3.96. The van der Waals surface area contributed by atoms with Crippen LogP contribution in [0, 0.1) is 17.6 Å². The van der Waals surface area contributed by atoms with Gasteiger partial charge in [0.15, 0.2) is 5.75 Å². The van der Waals surface area contributed by atoms with E-state index in [1.54, 1.807) is 0 Å². The molecule has 0 bridgehead atoms. The number of hydrogen-bond acceptors (Lipinski definition) is 6. The molecule has 1 aliphatic rings. The molecular weight excluding hydrogens is 530 g/mol. The van der Waals surface area contributed by atoms with Crippen LogP contribution in [0.3, 0.4) is 0 Å². The Balaban J connectivity index is 1.43. The third kappa shape index (κ3) is 7.52. The number of anilines is 1. The Morgan fingerprint density at radius 2 is 1.62 bits per heavy atom. The highest BCUT2D eigenvalue weighted by Crippen LogP contribution is 2.27. The fraction of sp³-hybridized carbons (Fsp3) is 0.259. The molecule has 0 aliphatic carbocycles. The lowest BCUT2D eigenvalue weighted by molar-refractivity contribution is -0.120. The van der Waals surface area contributed by atoms with E-state index in [-0.39, 0.29) is 34.3 Å². The topological polar surface area (TPSA) is 117 Å². The zero-order chi connectivity index (χ0) is 27.8. The second-order valence-electron chi connectivity index (χ2n) is 8.96. The highest BCUT2D eigenvalue weighted by molar-refractivity contribution is 7.92. The minimum Gasteiger partial charge on any atom is -0.364 e. The average molecular weight is 559 g/mol. The molecule has 3 aromatic rings. The third-order valence-electron chi connectivity index (χ3n) is 6.11. The van der Waals surface area contributed by atoms with Crippen molar-refractivity contribution >= 4 is 27.5 Å². The van der Waals surface area contributed by atoms with Crippen LogP contribution in [-0.4, -0.2) is 46.4 Å². The van der Waals surface area contributed by atoms with Crippen LogP contribution in [0.5, 0.6) is 5.75 Å². The Morgan fingerprint density at radius 3 is 2.28 bits per heavy atom. The van der Waals surface area contributed by atoms with E-state index in [4.69, 9.17) is 4.84 Å². The number of sulfonamides is 1. The molecular formula is C27H28F2N4O5S. The molecule has 9 nitrogen and oxygen atoms in total. The summed E-state index contributed by atoms with van der Waals surface area (Å²) in [5, 5.41) is 8.59. The van der Waals surface area contributed by atoms with E-state index in [1.165, 1.54) is 48.5 Å². The molecule has 0 unspecified atom stereocenters. The van der Waals surface area contributed by atoms with Crippen molar-refractivity contribution in [2.45, 2.75) is 17.7 Å². The number of carbonyl (C=O) groups excluding carboxylic acids is 2. The van der Waals surface area contributed by atoms with E-state index in [0.29, 0.717) is 16.9 Å². The van der Waals surface area contributed by atoms with E-state index in [0.717, 1.165) is 50.2 Å². The molecule has 1 aliphatic heterocycles. The third-order valence-corrected chi connectivity index (χ3v) is 7.70. The van der Waals surface area contributed by atoms with Crippen molar-refractivity contribution in [2.75, 3.05) is 30.6 Å². The minimum absolute atomic E-state index is 0.00124. The first-order valence-corrected chi connectivity index (χ1v) is 13.8. The number of amides is 2. The number of benzene rings is 3. The molecule has 1 fully saturated rings. The molecule has 0 radical (unpaired) electrons. The Morgan fingerprint density at radius 1 is 0.923 bits per heavy atom. The lowest BCUT2D eigenvalue weighted by Gasteiger charge is -2.24. The van der Waals surface area contributed by atoms with E-state index < -0.39 is 27.6 Å². The van der Waals surface area contributed by atoms with Crippen molar-refractivity contribution in [3.63, 3.8) is 0 Å². The van der Waals surface area contributed by atoms with Gasteiger partial charge in [-0.15, -0.1) is 0 Å². The fourth-order valence-corrected chi connectivity index (χ4v) is 5.21. The predicted octanol–water partition coefficient (Wildman–Crippen LogP) is 3.00. The molecule has 0 aromatic heterocycles. The van der Waals surface area contributed by atoms with Gasteiger partial charge in [0.05, 0.1) is 17.1 Å². The standard InChI is InChI=1S/C27H28F2N4O5S/c28-21-6-8-24(9-7-21)38-33(23-3-1-2-22(29)16-23)39(36,37)25-10-4-20(5-11-25)27(35)32-18-26(34)31-17-19-12-14-30-15-13-19/h1-11,16,19,30H,12-15,17-18H2,(H,31,34)(H,32,35). The predicted molar refractivity (Wildman–Crippen MR) is 140 cm³/mol. The van der Waals surface area contributed by atoms with Crippen LogP contribution >= 0.6 is 0 Å². The number of nitrogens with one attached hydrogen (secondary N) is 3. The Hall–Kier alpha value is -4.03. The average Bonchev–Trinajstić information content (AvgIpc) is 2.95. The maximum Gasteiger partial charge on any atom is 0.295 e. The van der Waals surface area contributed by atoms with Gasteiger partial charge in [-0.3, -0.25) is 9.59 Å². The summed E-state index contributed by atoms with van der Waals surface area (Å²) in [6.45, 7) is 2.16. The lowest BCUT2D eigenvalue weighted by Crippen LogP contribution is -2.40. The Bertz CT molecular complexity index is 1400. The first-order valence-electron chi connectivity index (χ1n) is 12.3. The second-order valence-corrected chi connectivity index (χ2v) is 10.7. The summed E-state index contributed by atoms with van der Waals surface area (Å²) < 4.78 is 54.7. The molecule has 39 heavy (non-hydrogen) atoms. The van der Waals surface area contributed by atoms with E-state index >= 15 is 0 Å². The van der Waals surface area contributed by atoms with Crippen LogP contribution in [0.4, 0.5) is 14.5 Å². The maximum atomic E-state index is 13.9. The molecule has 4 rings (SSSR count). The summed E-state index contributed by atoms with van der Waals surface area (Å²) in [5.74, 6) is -1.71. The van der Waals surface area contributed by atoms with Crippen LogP contribution in [0.2, 0.25) is 0 Å². The van der Waals surface area contributed by atoms with Crippen molar-refractivity contribution in [3.05, 3.63) is 90.0 Å². The number of rotatable bonds is 10. The molecule has 1 heterocycles. The van der Waals surface area contributed by atoms with Gasteiger partial charge < -0.3 is 20.8 Å². The van der Waals surface area contributed by atoms with Crippen molar-refractivity contribution in [1.29, 1.82) is 0 Å². The zero-order valence-electron chi connectivity index (χ0n) is 20.9. The van der Waals surface area contributed by atoms with Crippen molar-refractivity contribution in [1.82, 2.24) is 16.0 Å². The van der Waals surface area contributed by atoms with Crippen molar-refractivity contribution < 1.29 is 31.6 Å². The molecule has 12 heteroatoms. The Kier molecular flexibility index (Phi) is 9.10. The van der Waals surface area contributed by atoms with Gasteiger partial charge in [-0.25, -0.2) is 8.78 Å². The summed E-state index contributed by atoms with van der Waals surface area (Å²) in [5.41, 5.74) is 0.00788. The van der Waals surface area contributed by atoms with Crippen molar-refractivity contribution in [2.24, 2.45) is 5.92 Å². The van der Waals surface area contributed by atoms with Crippen LogP contribution in [0.25, 0.3) is 0 Å². The van der Waals surface area contributed by atoms with Gasteiger partial charge in [-0.05, 0) is 92.5 Å². The quantitative estimate of drug-likeness (QED) is 0.330. The largest absolute Gasteiger partial charge is 0.364 e. The van der Waals surface area contributed by atoms with Crippen molar-refractivity contribution in [3.8, 4) is 5.75 Å². The maximum absolute atomic E-state index is 13.9. The van der Waals surface area contributed by atoms with Gasteiger partial charge in [0.25, 0.3) is 15.9 Å². The van der Waals surface area contributed by atoms with E-state index in [1.807, 2.05) is 0 Å². The van der Waals surface area contributed by atoms with Gasteiger partial charge in [0, 0.05) is 18.2 Å². The molecule has 3 aromatic carbocycles. The van der Waals surface area contributed by atoms with E-state index in [2.05, 4.69) is 16.0 Å². The van der Waals surface area contributed by atoms with Gasteiger partial charge in [0.1, 0.15) is 11.6 Å². The summed E-state index contributed by atoms with van der Waals surface area (Å²) in [4.78, 5) is 29.9. The van der Waals surface area contributed by atoms with Crippen LogP contribution in [-0.2, 0) is 14.8 Å². The highest BCUT2D eigenvalue weighted by Gasteiger charge is 2.28. The Labute approximate surface area is 225 Å². The van der Waals surface area contributed by atoms with Gasteiger partial charge in [0.2, 0.25) is 5.91 Å². The zero-order valence-corrected chi connectivity index (χ0v) is 21.7. The molecule has 3 N–H and O–H groups in total. The summed E-state index contributed by atoms with van der Waals surface area (Å²) in [6.07, 6.45) is 1.96. The number of piperidine rings is 1. The second kappa shape index (κ2) is 12.7. The highest BCUT2D eigenvalue weighted by atomic mass is 32.2. The number of carbonyl (C=O) groups is 2.